The van der Waals surface area contributed by atoms with Crippen molar-refractivity contribution in [1.82, 2.24) is 0 Å². The lowest BCUT2D eigenvalue weighted by Gasteiger charge is -2.57. The van der Waals surface area contributed by atoms with E-state index in [1.807, 2.05) is 0 Å². The Morgan fingerprint density at radius 2 is 0.500 bits per heavy atom. The molecular weight excluding hydrogens is 340 g/mol. The van der Waals surface area contributed by atoms with E-state index in [4.69, 9.17) is 0 Å². The molecule has 0 aromatic carbocycles. The molecule has 1 fully saturated rings. The van der Waals surface area contributed by atoms with E-state index >= 15 is 0 Å². The molecule has 132 valence electrons. The quantitative estimate of drug-likeness (QED) is 0.368. The van der Waals surface area contributed by atoms with Gasteiger partial charge < -0.3 is 0 Å². The normalized spacial score (nSPS) is 32.2. The lowest BCUT2D eigenvalue weighted by Crippen LogP contribution is -2.28. The topological polar surface area (TPSA) is 0 Å². The summed E-state index contributed by atoms with van der Waals surface area (Å²) < 4.78 is 0. The molecule has 0 bridgehead atoms. The second-order valence-electron chi connectivity index (χ2n) is 10.6. The Labute approximate surface area is 146 Å². The summed E-state index contributed by atoms with van der Waals surface area (Å²) in [6.45, 7) is 30.3. The van der Waals surface area contributed by atoms with Crippen LogP contribution in [0.25, 0.3) is 0 Å². The summed E-state index contributed by atoms with van der Waals surface area (Å²) in [6, 6.07) is 0. The Kier molecular flexibility index (Phi) is 6.72. The standard InChI is InChI=1S/C18H40P4/c1-15(2,3)19-13-21(17(7,8)9)22(18(10,11)12)14-20(19)16(4,5)6/h13-14H2,1-12H3. The smallest absolute Gasteiger partial charge is 0.00329 e. The fourth-order valence-corrected chi connectivity index (χ4v) is 37.6. The molecule has 0 aliphatic carbocycles. The molecule has 4 unspecified atom stereocenters. The summed E-state index contributed by atoms with van der Waals surface area (Å²) >= 11 is 0. The van der Waals surface area contributed by atoms with Gasteiger partial charge in [0, 0.05) is 0 Å². The van der Waals surface area contributed by atoms with Crippen molar-refractivity contribution in [3.05, 3.63) is 0 Å². The Morgan fingerprint density at radius 3 is 0.591 bits per heavy atom. The van der Waals surface area contributed by atoms with Gasteiger partial charge in [-0.2, -0.15) is 0 Å². The van der Waals surface area contributed by atoms with Crippen LogP contribution in [-0.2, 0) is 0 Å². The first-order chi connectivity index (χ1) is 9.45. The summed E-state index contributed by atoms with van der Waals surface area (Å²) in [7, 11) is 0.673. The minimum Gasteiger partial charge on any atom is -0.0699 e. The van der Waals surface area contributed by atoms with Crippen LogP contribution in [-0.4, -0.2) is 32.4 Å². The lowest BCUT2D eigenvalue weighted by atomic mass is 10.3. The van der Waals surface area contributed by atoms with E-state index in [9.17, 15) is 0 Å². The van der Waals surface area contributed by atoms with Crippen LogP contribution in [0.15, 0.2) is 0 Å². The highest BCUT2D eigenvalue weighted by Crippen LogP contribution is 2.98. The third kappa shape index (κ3) is 5.36. The zero-order valence-electron chi connectivity index (χ0n) is 17.2. The van der Waals surface area contributed by atoms with Gasteiger partial charge in [-0.15, -0.1) is 0 Å². The molecule has 0 aromatic heterocycles. The molecule has 0 radical (unpaired) electrons. The van der Waals surface area contributed by atoms with E-state index in [2.05, 4.69) is 83.1 Å². The molecule has 0 N–H and O–H groups in total. The van der Waals surface area contributed by atoms with Crippen LogP contribution in [0.5, 0.6) is 0 Å². The van der Waals surface area contributed by atoms with Crippen LogP contribution < -0.4 is 0 Å². The Balaban J connectivity index is 3.30. The molecule has 0 nitrogen and oxygen atoms in total. The largest absolute Gasteiger partial charge is 0.0699 e. The Bertz CT molecular complexity index is 302. The fourth-order valence-electron chi connectivity index (χ4n) is 2.86. The fraction of sp³-hybridized carbons (Fsp3) is 1.00. The first-order valence-electron chi connectivity index (χ1n) is 8.56. The molecule has 0 spiro atoms. The number of hydrogen-bond donors (Lipinski definition) is 0. The van der Waals surface area contributed by atoms with Crippen LogP contribution in [0.4, 0.5) is 0 Å². The van der Waals surface area contributed by atoms with Crippen molar-refractivity contribution in [2.24, 2.45) is 0 Å². The molecule has 1 aliphatic rings. The van der Waals surface area contributed by atoms with Crippen molar-refractivity contribution in [2.45, 2.75) is 104 Å². The highest BCUT2D eigenvalue weighted by Gasteiger charge is 2.50. The third-order valence-corrected chi connectivity index (χ3v) is 31.1. The molecule has 0 aromatic rings. The highest BCUT2D eigenvalue weighted by atomic mass is 32.1. The van der Waals surface area contributed by atoms with Crippen LogP contribution >= 0.6 is 30.4 Å². The molecule has 0 amide bonds. The van der Waals surface area contributed by atoms with Crippen molar-refractivity contribution < 1.29 is 0 Å². The van der Waals surface area contributed by atoms with Gasteiger partial charge in [0.2, 0.25) is 0 Å². The van der Waals surface area contributed by atoms with Gasteiger partial charge in [-0.25, -0.2) is 0 Å². The van der Waals surface area contributed by atoms with Gasteiger partial charge >= 0.3 is 0 Å². The zero-order chi connectivity index (χ0) is 17.7. The van der Waals surface area contributed by atoms with E-state index in [1.165, 1.54) is 0 Å². The van der Waals surface area contributed by atoms with E-state index in [1.54, 1.807) is 11.8 Å². The predicted molar refractivity (Wildman–Crippen MR) is 116 cm³/mol. The highest BCUT2D eigenvalue weighted by molar-refractivity contribution is 8.47. The third-order valence-electron chi connectivity index (χ3n) is 4.22. The first-order valence-corrected chi connectivity index (χ1v) is 16.1. The van der Waals surface area contributed by atoms with Crippen LogP contribution in [0.2, 0.25) is 0 Å². The van der Waals surface area contributed by atoms with Crippen molar-refractivity contribution in [1.29, 1.82) is 0 Å². The summed E-state index contributed by atoms with van der Waals surface area (Å²) in [4.78, 5) is 0. The van der Waals surface area contributed by atoms with E-state index in [0.717, 1.165) is 0 Å². The molecule has 1 aliphatic heterocycles. The molecule has 0 saturated carbocycles. The van der Waals surface area contributed by atoms with Crippen LogP contribution in [0, 0.1) is 0 Å². The minimum atomic E-state index is 0.168. The van der Waals surface area contributed by atoms with Crippen molar-refractivity contribution >= 4 is 30.4 Å². The maximum absolute atomic E-state index is 2.53. The van der Waals surface area contributed by atoms with E-state index in [-0.39, 0.29) is 30.4 Å². The SMILES string of the molecule is CC(C)(C)P1CP(C(C)(C)C)P(C(C)(C)C)CP1C(C)(C)C. The second-order valence-corrected chi connectivity index (χ2v) is 27.2. The maximum atomic E-state index is 2.53. The van der Waals surface area contributed by atoms with Gasteiger partial charge in [-0.05, 0) is 32.4 Å². The van der Waals surface area contributed by atoms with Gasteiger partial charge in [-0.3, -0.25) is 0 Å². The number of rotatable bonds is 0. The van der Waals surface area contributed by atoms with Crippen LogP contribution in [0.3, 0.4) is 0 Å². The Hall–Kier alpha value is 1.72. The van der Waals surface area contributed by atoms with E-state index < -0.39 is 0 Å². The lowest BCUT2D eigenvalue weighted by molar-refractivity contribution is 0.765. The van der Waals surface area contributed by atoms with E-state index in [0.29, 0.717) is 20.6 Å². The van der Waals surface area contributed by atoms with Gasteiger partial charge in [0.15, 0.2) is 0 Å². The summed E-state index contributed by atoms with van der Waals surface area (Å²) in [6.07, 6.45) is 0. The maximum Gasteiger partial charge on any atom is -0.00329 e. The van der Waals surface area contributed by atoms with Gasteiger partial charge in [-0.1, -0.05) is 114 Å². The molecule has 4 heteroatoms. The summed E-state index contributed by atoms with van der Waals surface area (Å²) in [5.41, 5.74) is 0. The molecule has 1 saturated heterocycles. The first kappa shape index (κ1) is 21.8. The van der Waals surface area contributed by atoms with Crippen molar-refractivity contribution in [2.75, 3.05) is 11.8 Å². The average molecular weight is 380 g/mol. The van der Waals surface area contributed by atoms with Crippen molar-refractivity contribution in [3.8, 4) is 0 Å². The zero-order valence-corrected chi connectivity index (χ0v) is 20.8. The van der Waals surface area contributed by atoms with Crippen molar-refractivity contribution in [3.63, 3.8) is 0 Å². The molecular formula is C18H40P4. The molecule has 4 atom stereocenters. The molecule has 22 heavy (non-hydrogen) atoms. The minimum absolute atomic E-state index is 0.168. The second kappa shape index (κ2) is 6.79. The predicted octanol–water partition coefficient (Wildman–Crippen LogP) is 8.87. The summed E-state index contributed by atoms with van der Waals surface area (Å²) in [5.74, 6) is 3.17. The monoisotopic (exact) mass is 380 g/mol. The summed E-state index contributed by atoms with van der Waals surface area (Å²) in [5, 5.41) is 2.11. The van der Waals surface area contributed by atoms with Gasteiger partial charge in [0.25, 0.3) is 0 Å². The molecule has 1 heterocycles. The molecule has 1 rings (SSSR count). The van der Waals surface area contributed by atoms with Gasteiger partial charge in [0.1, 0.15) is 0 Å². The Morgan fingerprint density at radius 1 is 0.364 bits per heavy atom. The van der Waals surface area contributed by atoms with Crippen LogP contribution in [0.1, 0.15) is 83.1 Å². The average Bonchev–Trinajstić information content (AvgIpc) is 2.22. The number of hydrogen-bond acceptors (Lipinski definition) is 0. The van der Waals surface area contributed by atoms with Gasteiger partial charge in [0.05, 0.1) is 0 Å².